The van der Waals surface area contributed by atoms with E-state index in [1.807, 2.05) is 13.8 Å². The normalized spacial score (nSPS) is 10.7. The molecule has 2 rings (SSSR count). The quantitative estimate of drug-likeness (QED) is 0.668. The zero-order valence-corrected chi connectivity index (χ0v) is 11.9. The molecule has 2 aromatic rings. The molecule has 0 aromatic carbocycles. The summed E-state index contributed by atoms with van der Waals surface area (Å²) in [5.41, 5.74) is 9.13. The van der Waals surface area contributed by atoms with E-state index in [-0.39, 0.29) is 5.84 Å². The zero-order valence-electron chi connectivity index (χ0n) is 11.2. The molecule has 2 heterocycles. The van der Waals surface area contributed by atoms with Crippen molar-refractivity contribution in [3.8, 4) is 5.82 Å². The number of nitrogen functional groups attached to an aromatic ring is 1. The largest absolute Gasteiger partial charge is 0.384 e. The molecule has 0 amide bonds. The molecule has 0 unspecified atom stereocenters. The fraction of sp³-hybridized carbons (Fsp3) is 0.308. The lowest BCUT2D eigenvalue weighted by Crippen LogP contribution is -2.14. The number of nitrogens with two attached hydrogens (primary N) is 1. The minimum Gasteiger partial charge on any atom is -0.384 e. The van der Waals surface area contributed by atoms with Crippen LogP contribution in [0.15, 0.2) is 12.3 Å². The smallest absolute Gasteiger partial charge is 0.173 e. The first kappa shape index (κ1) is 13.5. The molecule has 0 bridgehead atoms. The summed E-state index contributed by atoms with van der Waals surface area (Å²) in [6.45, 7) is 6.03. The van der Waals surface area contributed by atoms with Gasteiger partial charge < -0.3 is 5.73 Å². The Labute approximate surface area is 116 Å². The van der Waals surface area contributed by atoms with Crippen molar-refractivity contribution in [2.45, 2.75) is 27.2 Å². The van der Waals surface area contributed by atoms with Gasteiger partial charge in [0.25, 0.3) is 0 Å². The van der Waals surface area contributed by atoms with Gasteiger partial charge in [0, 0.05) is 17.5 Å². The van der Waals surface area contributed by atoms with Crippen LogP contribution in [0.2, 0.25) is 5.02 Å². The van der Waals surface area contributed by atoms with Crippen molar-refractivity contribution in [1.29, 1.82) is 5.41 Å². The number of aromatic nitrogens is 3. The van der Waals surface area contributed by atoms with Crippen molar-refractivity contribution in [1.82, 2.24) is 14.8 Å². The minimum atomic E-state index is -0.0779. The minimum absolute atomic E-state index is 0.0779. The number of halogens is 1. The van der Waals surface area contributed by atoms with Crippen LogP contribution < -0.4 is 5.73 Å². The maximum Gasteiger partial charge on any atom is 0.173 e. The van der Waals surface area contributed by atoms with Gasteiger partial charge in [0.15, 0.2) is 5.82 Å². The standard InChI is InChI=1S/C13H16ClN5/c1-4-9-7(2)18-19(8(9)3)13-11(14)10(12(15)16)5-6-17-13/h5-6H,4H2,1-3H3,(H3,15,16). The van der Waals surface area contributed by atoms with Gasteiger partial charge in [-0.2, -0.15) is 5.10 Å². The molecular formula is C13H16ClN5. The molecule has 0 aliphatic heterocycles. The molecule has 3 N–H and O–H groups in total. The highest BCUT2D eigenvalue weighted by Gasteiger charge is 2.17. The summed E-state index contributed by atoms with van der Waals surface area (Å²) in [6.07, 6.45) is 2.49. The van der Waals surface area contributed by atoms with Gasteiger partial charge in [0.2, 0.25) is 0 Å². The maximum absolute atomic E-state index is 7.51. The van der Waals surface area contributed by atoms with Crippen molar-refractivity contribution < 1.29 is 0 Å². The second-order valence-electron chi connectivity index (χ2n) is 4.32. The van der Waals surface area contributed by atoms with Crippen molar-refractivity contribution >= 4 is 17.4 Å². The molecule has 5 nitrogen and oxygen atoms in total. The van der Waals surface area contributed by atoms with Crippen LogP contribution in [0.4, 0.5) is 0 Å². The molecule has 0 saturated carbocycles. The summed E-state index contributed by atoms with van der Waals surface area (Å²) >= 11 is 6.27. The first-order valence-electron chi connectivity index (χ1n) is 6.01. The molecular weight excluding hydrogens is 262 g/mol. The summed E-state index contributed by atoms with van der Waals surface area (Å²) in [5.74, 6) is 0.431. The van der Waals surface area contributed by atoms with Gasteiger partial charge in [-0.3, -0.25) is 5.41 Å². The summed E-state index contributed by atoms with van der Waals surface area (Å²) < 4.78 is 1.71. The Morgan fingerprint density at radius 2 is 2.16 bits per heavy atom. The summed E-state index contributed by atoms with van der Waals surface area (Å²) in [6, 6.07) is 1.63. The van der Waals surface area contributed by atoms with Gasteiger partial charge in [0.05, 0.1) is 10.7 Å². The third-order valence-corrected chi connectivity index (χ3v) is 3.53. The molecule has 0 fully saturated rings. The van der Waals surface area contributed by atoms with E-state index in [0.717, 1.165) is 17.8 Å². The zero-order chi connectivity index (χ0) is 14.2. The molecule has 0 radical (unpaired) electrons. The highest BCUT2D eigenvalue weighted by molar-refractivity contribution is 6.35. The highest BCUT2D eigenvalue weighted by atomic mass is 35.5. The molecule has 0 atom stereocenters. The van der Waals surface area contributed by atoms with Crippen LogP contribution in [0.1, 0.15) is 29.4 Å². The van der Waals surface area contributed by atoms with Crippen LogP contribution in [0.5, 0.6) is 0 Å². The molecule has 100 valence electrons. The van der Waals surface area contributed by atoms with E-state index in [0.29, 0.717) is 16.4 Å². The molecule has 0 saturated heterocycles. The fourth-order valence-electron chi connectivity index (χ4n) is 2.18. The Balaban J connectivity index is 2.66. The Morgan fingerprint density at radius 1 is 1.47 bits per heavy atom. The third kappa shape index (κ3) is 2.21. The SMILES string of the molecule is CCc1c(C)nn(-c2nccc(C(=N)N)c2Cl)c1C. The summed E-state index contributed by atoms with van der Waals surface area (Å²) in [4.78, 5) is 4.26. The number of amidine groups is 1. The lowest BCUT2D eigenvalue weighted by molar-refractivity contribution is 0.805. The van der Waals surface area contributed by atoms with Gasteiger partial charge >= 0.3 is 0 Å². The number of pyridine rings is 1. The van der Waals surface area contributed by atoms with Gasteiger partial charge in [0.1, 0.15) is 5.84 Å². The number of hydrogen-bond donors (Lipinski definition) is 2. The van der Waals surface area contributed by atoms with Crippen molar-refractivity contribution in [3.63, 3.8) is 0 Å². The first-order chi connectivity index (χ1) is 8.97. The Bertz CT molecular complexity index is 645. The Morgan fingerprint density at radius 3 is 2.68 bits per heavy atom. The van der Waals surface area contributed by atoms with Crippen molar-refractivity contribution in [3.05, 3.63) is 39.8 Å². The predicted octanol–water partition coefficient (Wildman–Crippen LogP) is 2.38. The first-order valence-corrected chi connectivity index (χ1v) is 6.39. The second-order valence-corrected chi connectivity index (χ2v) is 4.70. The van der Waals surface area contributed by atoms with Gasteiger partial charge in [-0.15, -0.1) is 0 Å². The van der Waals surface area contributed by atoms with Crippen LogP contribution in [-0.4, -0.2) is 20.6 Å². The molecule has 6 heteroatoms. The highest BCUT2D eigenvalue weighted by Crippen LogP contribution is 2.25. The Kier molecular flexibility index (Phi) is 3.57. The van der Waals surface area contributed by atoms with Crippen LogP contribution in [0.3, 0.4) is 0 Å². The van der Waals surface area contributed by atoms with E-state index < -0.39 is 0 Å². The maximum atomic E-state index is 7.51. The van der Waals surface area contributed by atoms with Crippen LogP contribution in [0.25, 0.3) is 5.82 Å². The van der Waals surface area contributed by atoms with Gasteiger partial charge in [-0.25, -0.2) is 9.67 Å². The second kappa shape index (κ2) is 5.01. The van der Waals surface area contributed by atoms with E-state index >= 15 is 0 Å². The Hall–Kier alpha value is -1.88. The summed E-state index contributed by atoms with van der Waals surface area (Å²) in [7, 11) is 0. The topological polar surface area (TPSA) is 80.6 Å². The van der Waals surface area contributed by atoms with Gasteiger partial charge in [-0.05, 0) is 31.9 Å². The fourth-order valence-corrected chi connectivity index (χ4v) is 2.47. The van der Waals surface area contributed by atoms with E-state index in [9.17, 15) is 0 Å². The molecule has 2 aromatic heterocycles. The number of nitrogens with zero attached hydrogens (tertiary/aromatic N) is 3. The van der Waals surface area contributed by atoms with Crippen LogP contribution in [0, 0.1) is 19.3 Å². The average Bonchev–Trinajstić information content (AvgIpc) is 2.64. The predicted molar refractivity (Wildman–Crippen MR) is 76.2 cm³/mol. The number of hydrogen-bond acceptors (Lipinski definition) is 3. The van der Waals surface area contributed by atoms with E-state index in [4.69, 9.17) is 22.7 Å². The number of aryl methyl sites for hydroxylation is 1. The van der Waals surface area contributed by atoms with Gasteiger partial charge in [-0.1, -0.05) is 18.5 Å². The summed E-state index contributed by atoms with van der Waals surface area (Å²) in [5, 5.41) is 12.3. The van der Waals surface area contributed by atoms with E-state index in [1.165, 1.54) is 5.56 Å². The number of rotatable bonds is 3. The van der Waals surface area contributed by atoms with E-state index in [2.05, 4.69) is 17.0 Å². The van der Waals surface area contributed by atoms with E-state index in [1.54, 1.807) is 16.9 Å². The molecule has 19 heavy (non-hydrogen) atoms. The van der Waals surface area contributed by atoms with Crippen LogP contribution in [-0.2, 0) is 6.42 Å². The lowest BCUT2D eigenvalue weighted by atomic mass is 10.1. The van der Waals surface area contributed by atoms with Crippen molar-refractivity contribution in [2.75, 3.05) is 0 Å². The molecule has 0 aliphatic carbocycles. The average molecular weight is 278 g/mol. The van der Waals surface area contributed by atoms with Crippen LogP contribution >= 0.6 is 11.6 Å². The lowest BCUT2D eigenvalue weighted by Gasteiger charge is -2.09. The third-order valence-electron chi connectivity index (χ3n) is 3.16. The molecule has 0 aliphatic rings. The van der Waals surface area contributed by atoms with Crippen molar-refractivity contribution in [2.24, 2.45) is 5.73 Å². The molecule has 0 spiro atoms. The monoisotopic (exact) mass is 277 g/mol. The number of nitrogens with one attached hydrogen (secondary N) is 1.